The second-order valence-corrected chi connectivity index (χ2v) is 5.60. The Hall–Kier alpha value is -1.86. The third kappa shape index (κ3) is 3.07. The van der Waals surface area contributed by atoms with E-state index in [0.717, 1.165) is 6.26 Å². The van der Waals surface area contributed by atoms with Crippen LogP contribution in [0.25, 0.3) is 0 Å². The van der Waals surface area contributed by atoms with Gasteiger partial charge in [0.15, 0.2) is 11.4 Å². The molecular formula is C9H10N4O2S. The minimum absolute atomic E-state index is 0.0535. The second kappa shape index (κ2) is 4.77. The van der Waals surface area contributed by atoms with Crippen LogP contribution in [0.5, 0.6) is 0 Å². The molecule has 6 nitrogen and oxygen atoms in total. The topological polar surface area (TPSA) is 99.5 Å². The summed E-state index contributed by atoms with van der Waals surface area (Å²) in [6, 6.07) is 3.67. The molecule has 7 heteroatoms. The molecule has 0 aliphatic carbocycles. The van der Waals surface area contributed by atoms with E-state index in [9.17, 15) is 8.42 Å². The fraction of sp³-hybridized carbons (Fsp3) is 0.444. The lowest BCUT2D eigenvalue weighted by molar-refractivity contribution is 0.591. The van der Waals surface area contributed by atoms with Gasteiger partial charge in [-0.2, -0.15) is 10.5 Å². The smallest absolute Gasteiger partial charge is 0.176 e. The van der Waals surface area contributed by atoms with E-state index in [2.05, 4.69) is 4.98 Å². The first-order valence-corrected chi connectivity index (χ1v) is 6.57. The molecule has 0 amide bonds. The standard InChI is InChI=1S/C9H10N4O2S/c1-16(14,15)4-2-3-13-7-12-8(5-10)9(13)6-11/h7H,2-4H2,1H3. The zero-order chi connectivity index (χ0) is 12.2. The summed E-state index contributed by atoms with van der Waals surface area (Å²) >= 11 is 0. The van der Waals surface area contributed by atoms with Crippen LogP contribution in [0, 0.1) is 22.7 Å². The molecule has 1 aromatic heterocycles. The first-order chi connectivity index (χ1) is 7.48. The number of imidazole rings is 1. The van der Waals surface area contributed by atoms with Crippen LogP contribution < -0.4 is 0 Å². The van der Waals surface area contributed by atoms with Crippen LogP contribution in [0.15, 0.2) is 6.33 Å². The molecule has 0 fully saturated rings. The van der Waals surface area contributed by atoms with Gasteiger partial charge in [0.2, 0.25) is 0 Å². The van der Waals surface area contributed by atoms with Crippen molar-refractivity contribution in [3.8, 4) is 12.1 Å². The van der Waals surface area contributed by atoms with Crippen molar-refractivity contribution in [3.63, 3.8) is 0 Å². The highest BCUT2D eigenvalue weighted by Gasteiger charge is 2.10. The highest BCUT2D eigenvalue weighted by Crippen LogP contribution is 2.06. The minimum atomic E-state index is -2.99. The van der Waals surface area contributed by atoms with Crippen molar-refractivity contribution in [1.29, 1.82) is 10.5 Å². The fourth-order valence-corrected chi connectivity index (χ4v) is 1.90. The predicted octanol–water partition coefficient (Wildman–Crippen LogP) is 0.0612. The zero-order valence-corrected chi connectivity index (χ0v) is 9.53. The quantitative estimate of drug-likeness (QED) is 0.738. The molecule has 1 heterocycles. The first kappa shape index (κ1) is 12.2. The van der Waals surface area contributed by atoms with Crippen LogP contribution in [-0.2, 0) is 16.4 Å². The van der Waals surface area contributed by atoms with Gasteiger partial charge < -0.3 is 4.57 Å². The Morgan fingerprint density at radius 2 is 2.12 bits per heavy atom. The Morgan fingerprint density at radius 1 is 1.44 bits per heavy atom. The van der Waals surface area contributed by atoms with Gasteiger partial charge in [-0.3, -0.25) is 0 Å². The Kier molecular flexibility index (Phi) is 3.64. The Morgan fingerprint density at radius 3 is 2.62 bits per heavy atom. The summed E-state index contributed by atoms with van der Waals surface area (Å²) in [6.45, 7) is 0.366. The molecule has 0 unspecified atom stereocenters. The maximum absolute atomic E-state index is 10.9. The maximum atomic E-state index is 10.9. The van der Waals surface area contributed by atoms with Crippen LogP contribution in [0.3, 0.4) is 0 Å². The van der Waals surface area contributed by atoms with E-state index >= 15 is 0 Å². The van der Waals surface area contributed by atoms with E-state index in [1.54, 1.807) is 6.07 Å². The van der Waals surface area contributed by atoms with E-state index in [1.165, 1.54) is 10.9 Å². The molecule has 0 saturated heterocycles. The van der Waals surface area contributed by atoms with Crippen LogP contribution >= 0.6 is 0 Å². The van der Waals surface area contributed by atoms with Gasteiger partial charge in [0.25, 0.3) is 0 Å². The third-order valence-electron chi connectivity index (χ3n) is 1.96. The lowest BCUT2D eigenvalue weighted by Gasteiger charge is -2.02. The molecule has 0 atom stereocenters. The van der Waals surface area contributed by atoms with Gasteiger partial charge in [-0.05, 0) is 6.42 Å². The molecule has 0 saturated carbocycles. The highest BCUT2D eigenvalue weighted by molar-refractivity contribution is 7.90. The first-order valence-electron chi connectivity index (χ1n) is 4.51. The fourth-order valence-electron chi connectivity index (χ4n) is 1.25. The lowest BCUT2D eigenvalue weighted by Crippen LogP contribution is -2.08. The van der Waals surface area contributed by atoms with Crippen LogP contribution in [0.1, 0.15) is 17.8 Å². The van der Waals surface area contributed by atoms with Crippen LogP contribution in [-0.4, -0.2) is 30.0 Å². The second-order valence-electron chi connectivity index (χ2n) is 3.34. The van der Waals surface area contributed by atoms with E-state index < -0.39 is 9.84 Å². The predicted molar refractivity (Wildman–Crippen MR) is 56.0 cm³/mol. The Bertz CT molecular complexity index is 559. The van der Waals surface area contributed by atoms with E-state index in [4.69, 9.17) is 10.5 Å². The molecule has 84 valence electrons. The van der Waals surface area contributed by atoms with Crippen molar-refractivity contribution >= 4 is 9.84 Å². The van der Waals surface area contributed by atoms with Gasteiger partial charge in [0.05, 0.1) is 12.1 Å². The highest BCUT2D eigenvalue weighted by atomic mass is 32.2. The summed E-state index contributed by atoms with van der Waals surface area (Å²) in [5.74, 6) is 0.0535. The third-order valence-corrected chi connectivity index (χ3v) is 2.99. The molecular weight excluding hydrogens is 228 g/mol. The lowest BCUT2D eigenvalue weighted by atomic mass is 10.3. The van der Waals surface area contributed by atoms with Gasteiger partial charge in [0.1, 0.15) is 22.0 Å². The zero-order valence-electron chi connectivity index (χ0n) is 8.71. The van der Waals surface area contributed by atoms with Gasteiger partial charge in [0, 0.05) is 12.8 Å². The van der Waals surface area contributed by atoms with Crippen molar-refractivity contribution in [1.82, 2.24) is 9.55 Å². The van der Waals surface area contributed by atoms with Crippen molar-refractivity contribution in [2.24, 2.45) is 0 Å². The van der Waals surface area contributed by atoms with E-state index in [1.807, 2.05) is 6.07 Å². The summed E-state index contributed by atoms with van der Waals surface area (Å²) in [5, 5.41) is 17.4. The van der Waals surface area contributed by atoms with Crippen molar-refractivity contribution < 1.29 is 8.42 Å². The van der Waals surface area contributed by atoms with Crippen molar-refractivity contribution in [2.75, 3.05) is 12.0 Å². The van der Waals surface area contributed by atoms with Crippen LogP contribution in [0.2, 0.25) is 0 Å². The number of nitrogens with zero attached hydrogens (tertiary/aromatic N) is 4. The molecule has 16 heavy (non-hydrogen) atoms. The summed E-state index contributed by atoms with van der Waals surface area (Å²) in [5.41, 5.74) is 0.248. The molecule has 1 aromatic rings. The largest absolute Gasteiger partial charge is 0.321 e. The Labute approximate surface area is 93.7 Å². The van der Waals surface area contributed by atoms with Gasteiger partial charge in [-0.15, -0.1) is 0 Å². The molecule has 0 N–H and O–H groups in total. The summed E-state index contributed by atoms with van der Waals surface area (Å²) < 4.78 is 23.3. The monoisotopic (exact) mass is 238 g/mol. The van der Waals surface area contributed by atoms with Gasteiger partial charge in [-0.25, -0.2) is 13.4 Å². The van der Waals surface area contributed by atoms with Gasteiger partial charge in [-0.1, -0.05) is 0 Å². The average Bonchev–Trinajstić information content (AvgIpc) is 2.58. The van der Waals surface area contributed by atoms with Crippen molar-refractivity contribution in [2.45, 2.75) is 13.0 Å². The van der Waals surface area contributed by atoms with Crippen molar-refractivity contribution in [3.05, 3.63) is 17.7 Å². The normalized spacial score (nSPS) is 10.7. The number of hydrogen-bond donors (Lipinski definition) is 0. The molecule has 0 aliphatic heterocycles. The summed E-state index contributed by atoms with van der Waals surface area (Å²) in [6.07, 6.45) is 2.93. The molecule has 1 rings (SSSR count). The molecule has 0 radical (unpaired) electrons. The van der Waals surface area contributed by atoms with Crippen LogP contribution in [0.4, 0.5) is 0 Å². The number of rotatable bonds is 4. The summed E-state index contributed by atoms with van der Waals surface area (Å²) in [4.78, 5) is 3.75. The van der Waals surface area contributed by atoms with E-state index in [-0.39, 0.29) is 17.1 Å². The number of nitriles is 2. The van der Waals surface area contributed by atoms with E-state index in [0.29, 0.717) is 13.0 Å². The minimum Gasteiger partial charge on any atom is -0.321 e. The summed E-state index contributed by atoms with van der Waals surface area (Å²) in [7, 11) is -2.99. The van der Waals surface area contributed by atoms with Gasteiger partial charge >= 0.3 is 0 Å². The SMILES string of the molecule is CS(=O)(=O)CCCn1cnc(C#N)c1C#N. The number of aromatic nitrogens is 2. The average molecular weight is 238 g/mol. The molecule has 0 aliphatic rings. The molecule has 0 bridgehead atoms. The Balaban J connectivity index is 2.73. The number of sulfone groups is 1. The number of hydrogen-bond acceptors (Lipinski definition) is 5. The maximum Gasteiger partial charge on any atom is 0.176 e. The molecule has 0 aromatic carbocycles. The number of aryl methyl sites for hydroxylation is 1. The molecule has 0 spiro atoms.